The number of nitrogens with zero attached hydrogens (tertiary/aromatic N) is 2. The van der Waals surface area contributed by atoms with Crippen molar-refractivity contribution >= 4 is 17.0 Å². The molecule has 0 N–H and O–H groups in total. The first kappa shape index (κ1) is 17.8. The summed E-state index contributed by atoms with van der Waals surface area (Å²) >= 11 is 0. The second-order valence-corrected chi connectivity index (χ2v) is 5.86. The molecule has 0 aliphatic rings. The molecule has 0 spiro atoms. The normalized spacial score (nSPS) is 12.0. The summed E-state index contributed by atoms with van der Waals surface area (Å²) in [5.74, 6) is 1.35. The van der Waals surface area contributed by atoms with E-state index in [0.29, 0.717) is 29.5 Å². The van der Waals surface area contributed by atoms with Crippen LogP contribution in [-0.2, 0) is 11.8 Å². The van der Waals surface area contributed by atoms with Gasteiger partial charge in [-0.1, -0.05) is 12.1 Å². The van der Waals surface area contributed by atoms with E-state index in [0.717, 1.165) is 11.0 Å². The lowest BCUT2D eigenvalue weighted by molar-refractivity contribution is 0.0315. The molecular weight excluding hydrogens is 332 g/mol. The third-order valence-electron chi connectivity index (χ3n) is 4.17. The summed E-state index contributed by atoms with van der Waals surface area (Å²) in [7, 11) is 3.47. The van der Waals surface area contributed by atoms with Gasteiger partial charge in [0.1, 0.15) is 0 Å². The maximum Gasteiger partial charge on any atom is 0.338 e. The van der Waals surface area contributed by atoms with Gasteiger partial charge in [-0.15, -0.1) is 0 Å². The molecule has 0 aliphatic carbocycles. The lowest BCUT2D eigenvalue weighted by Gasteiger charge is -2.15. The molecule has 1 atom stereocenters. The van der Waals surface area contributed by atoms with E-state index in [4.69, 9.17) is 14.2 Å². The highest BCUT2D eigenvalue weighted by molar-refractivity contribution is 5.90. The predicted octanol–water partition coefficient (Wildman–Crippen LogP) is 3.90. The molecule has 2 aromatic carbocycles. The first-order valence-electron chi connectivity index (χ1n) is 8.48. The SMILES string of the molecule is CCOc1cc(C(=O)OC(C)c2nc3ccccc3n2C)ccc1OC. The molecule has 0 bridgehead atoms. The number of fused-ring (bicyclic) bond motifs is 1. The second-order valence-electron chi connectivity index (χ2n) is 5.86. The third kappa shape index (κ3) is 3.35. The Morgan fingerprint density at radius 1 is 1.19 bits per heavy atom. The Labute approximate surface area is 152 Å². The molecule has 0 saturated carbocycles. The summed E-state index contributed by atoms with van der Waals surface area (Å²) in [4.78, 5) is 17.1. The first-order valence-corrected chi connectivity index (χ1v) is 8.48. The van der Waals surface area contributed by atoms with Crippen LogP contribution in [0.2, 0.25) is 0 Å². The number of rotatable bonds is 6. The molecule has 3 aromatic rings. The van der Waals surface area contributed by atoms with Crippen LogP contribution in [0.4, 0.5) is 0 Å². The molecular formula is C20H22N2O4. The molecule has 3 rings (SSSR count). The van der Waals surface area contributed by atoms with Gasteiger partial charge in [-0.25, -0.2) is 9.78 Å². The number of benzene rings is 2. The summed E-state index contributed by atoms with van der Waals surface area (Å²) in [6.07, 6.45) is -0.488. The molecule has 0 amide bonds. The molecule has 1 aromatic heterocycles. The van der Waals surface area contributed by atoms with Gasteiger partial charge in [0.15, 0.2) is 23.4 Å². The summed E-state index contributed by atoms with van der Waals surface area (Å²) in [5, 5.41) is 0. The summed E-state index contributed by atoms with van der Waals surface area (Å²) in [5.41, 5.74) is 2.27. The van der Waals surface area contributed by atoms with Crippen LogP contribution in [-0.4, -0.2) is 29.2 Å². The van der Waals surface area contributed by atoms with Crippen molar-refractivity contribution in [3.8, 4) is 11.5 Å². The van der Waals surface area contributed by atoms with Crippen molar-refractivity contribution < 1.29 is 19.0 Å². The van der Waals surface area contributed by atoms with Crippen LogP contribution in [0.15, 0.2) is 42.5 Å². The van der Waals surface area contributed by atoms with E-state index in [1.807, 2.05) is 49.7 Å². The highest BCUT2D eigenvalue weighted by atomic mass is 16.5. The second kappa shape index (κ2) is 7.47. The van der Waals surface area contributed by atoms with Crippen LogP contribution in [0.5, 0.6) is 11.5 Å². The van der Waals surface area contributed by atoms with Crippen LogP contribution in [0.3, 0.4) is 0 Å². The molecule has 26 heavy (non-hydrogen) atoms. The summed E-state index contributed by atoms with van der Waals surface area (Å²) < 4.78 is 18.3. The molecule has 1 unspecified atom stereocenters. The zero-order valence-electron chi connectivity index (χ0n) is 15.4. The Balaban J connectivity index is 1.82. The van der Waals surface area contributed by atoms with Crippen molar-refractivity contribution in [2.45, 2.75) is 20.0 Å². The number of carbonyl (C=O) groups is 1. The van der Waals surface area contributed by atoms with Gasteiger partial charge in [-0.3, -0.25) is 0 Å². The number of ether oxygens (including phenoxy) is 3. The molecule has 136 valence electrons. The highest BCUT2D eigenvalue weighted by Crippen LogP contribution is 2.29. The maximum absolute atomic E-state index is 12.6. The highest BCUT2D eigenvalue weighted by Gasteiger charge is 2.20. The van der Waals surface area contributed by atoms with Crippen molar-refractivity contribution in [1.82, 2.24) is 9.55 Å². The predicted molar refractivity (Wildman–Crippen MR) is 98.7 cm³/mol. The van der Waals surface area contributed by atoms with E-state index in [9.17, 15) is 4.79 Å². The zero-order chi connectivity index (χ0) is 18.7. The monoisotopic (exact) mass is 354 g/mol. The third-order valence-corrected chi connectivity index (χ3v) is 4.17. The zero-order valence-corrected chi connectivity index (χ0v) is 15.4. The Morgan fingerprint density at radius 2 is 1.96 bits per heavy atom. The number of esters is 1. The molecule has 0 fully saturated rings. The van der Waals surface area contributed by atoms with E-state index in [2.05, 4.69) is 4.98 Å². The van der Waals surface area contributed by atoms with E-state index in [1.54, 1.807) is 25.3 Å². The standard InChI is InChI=1S/C20H22N2O4/c1-5-25-18-12-14(10-11-17(18)24-4)20(23)26-13(2)19-21-15-8-6-7-9-16(15)22(19)3/h6-13H,5H2,1-4H3. The molecule has 6 nitrogen and oxygen atoms in total. The Hall–Kier alpha value is -3.02. The van der Waals surface area contributed by atoms with Crippen LogP contribution < -0.4 is 9.47 Å². The van der Waals surface area contributed by atoms with Gasteiger partial charge in [-0.05, 0) is 44.2 Å². The quantitative estimate of drug-likeness (QED) is 0.628. The summed E-state index contributed by atoms with van der Waals surface area (Å²) in [6, 6.07) is 12.8. The van der Waals surface area contributed by atoms with Crippen molar-refractivity contribution in [3.63, 3.8) is 0 Å². The fraction of sp³-hybridized carbons (Fsp3) is 0.300. The number of aryl methyl sites for hydroxylation is 1. The average molecular weight is 354 g/mol. The van der Waals surface area contributed by atoms with E-state index >= 15 is 0 Å². The van der Waals surface area contributed by atoms with Crippen molar-refractivity contribution in [2.75, 3.05) is 13.7 Å². The first-order chi connectivity index (χ1) is 12.5. The van der Waals surface area contributed by atoms with Gasteiger partial charge in [0, 0.05) is 7.05 Å². The van der Waals surface area contributed by atoms with Gasteiger partial charge in [0.05, 0.1) is 30.3 Å². The summed E-state index contributed by atoms with van der Waals surface area (Å²) in [6.45, 7) is 4.16. The molecule has 0 saturated heterocycles. The van der Waals surface area contributed by atoms with Crippen molar-refractivity contribution in [3.05, 3.63) is 53.9 Å². The lowest BCUT2D eigenvalue weighted by Crippen LogP contribution is -2.13. The minimum absolute atomic E-state index is 0.403. The van der Waals surface area contributed by atoms with Gasteiger partial charge in [0.2, 0.25) is 0 Å². The van der Waals surface area contributed by atoms with E-state index in [1.165, 1.54) is 0 Å². The number of imidazole rings is 1. The van der Waals surface area contributed by atoms with Crippen LogP contribution in [0.25, 0.3) is 11.0 Å². The maximum atomic E-state index is 12.6. The van der Waals surface area contributed by atoms with Crippen molar-refractivity contribution in [1.29, 1.82) is 0 Å². The Morgan fingerprint density at radius 3 is 2.65 bits per heavy atom. The van der Waals surface area contributed by atoms with Gasteiger partial charge >= 0.3 is 5.97 Å². The topological polar surface area (TPSA) is 62.6 Å². The number of hydrogen-bond acceptors (Lipinski definition) is 5. The number of aromatic nitrogens is 2. The average Bonchev–Trinajstić information content (AvgIpc) is 2.99. The van der Waals surface area contributed by atoms with Crippen LogP contribution in [0.1, 0.15) is 36.1 Å². The minimum Gasteiger partial charge on any atom is -0.493 e. The molecule has 6 heteroatoms. The number of para-hydroxylation sites is 2. The van der Waals surface area contributed by atoms with Crippen LogP contribution in [0, 0.1) is 0 Å². The smallest absolute Gasteiger partial charge is 0.338 e. The minimum atomic E-state index is -0.488. The number of carbonyl (C=O) groups excluding carboxylic acids is 1. The van der Waals surface area contributed by atoms with E-state index in [-0.39, 0.29) is 0 Å². The fourth-order valence-electron chi connectivity index (χ4n) is 2.88. The van der Waals surface area contributed by atoms with E-state index < -0.39 is 12.1 Å². The molecule has 0 aliphatic heterocycles. The van der Waals surface area contributed by atoms with Gasteiger partial charge in [0.25, 0.3) is 0 Å². The Kier molecular flexibility index (Phi) is 5.11. The lowest BCUT2D eigenvalue weighted by atomic mass is 10.2. The Bertz CT molecular complexity index is 933. The van der Waals surface area contributed by atoms with Gasteiger partial charge in [-0.2, -0.15) is 0 Å². The number of hydrogen-bond donors (Lipinski definition) is 0. The van der Waals surface area contributed by atoms with Gasteiger partial charge < -0.3 is 18.8 Å². The van der Waals surface area contributed by atoms with Crippen LogP contribution >= 0.6 is 0 Å². The molecule has 0 radical (unpaired) electrons. The largest absolute Gasteiger partial charge is 0.493 e. The fourth-order valence-corrected chi connectivity index (χ4v) is 2.88. The molecule has 1 heterocycles. The van der Waals surface area contributed by atoms with Crippen molar-refractivity contribution in [2.24, 2.45) is 7.05 Å². The number of methoxy groups -OCH3 is 1.